The number of hydrazone groups is 1. The van der Waals surface area contributed by atoms with Crippen molar-refractivity contribution in [1.29, 1.82) is 0 Å². The van der Waals surface area contributed by atoms with Crippen molar-refractivity contribution in [3.63, 3.8) is 0 Å². The SMILES string of the molecule is CCC1(CC)CC(c2ccc(OC)c(OC)c2)=NN(C2CCN(C(=O)c3ccccc3OC)CC2)C1=O. The van der Waals surface area contributed by atoms with Crippen LogP contribution in [-0.4, -0.2) is 67.9 Å². The molecule has 198 valence electrons. The number of carbonyl (C=O) groups excluding carboxylic acids is 2. The molecule has 2 amide bonds. The van der Waals surface area contributed by atoms with Gasteiger partial charge in [-0.15, -0.1) is 0 Å². The molecule has 0 saturated carbocycles. The molecular formula is C29H37N3O5. The molecule has 2 aromatic rings. The van der Waals surface area contributed by atoms with Crippen LogP contribution in [0.3, 0.4) is 0 Å². The molecule has 0 aromatic heterocycles. The van der Waals surface area contributed by atoms with Gasteiger partial charge < -0.3 is 19.1 Å². The first-order valence-corrected chi connectivity index (χ1v) is 13.0. The van der Waals surface area contributed by atoms with E-state index in [1.54, 1.807) is 38.5 Å². The van der Waals surface area contributed by atoms with Crippen molar-refractivity contribution < 1.29 is 23.8 Å². The van der Waals surface area contributed by atoms with Crippen LogP contribution in [0.15, 0.2) is 47.6 Å². The van der Waals surface area contributed by atoms with E-state index in [4.69, 9.17) is 19.3 Å². The summed E-state index contributed by atoms with van der Waals surface area (Å²) in [6, 6.07) is 13.0. The molecule has 2 aliphatic rings. The summed E-state index contributed by atoms with van der Waals surface area (Å²) in [5, 5.41) is 6.63. The molecule has 1 fully saturated rings. The Kier molecular flexibility index (Phi) is 8.05. The predicted octanol–water partition coefficient (Wildman–Crippen LogP) is 4.76. The van der Waals surface area contributed by atoms with Crippen LogP contribution in [0.2, 0.25) is 0 Å². The Morgan fingerprint density at radius 3 is 2.22 bits per heavy atom. The third-order valence-corrected chi connectivity index (χ3v) is 7.90. The van der Waals surface area contributed by atoms with E-state index in [0.29, 0.717) is 55.2 Å². The molecule has 2 heterocycles. The van der Waals surface area contributed by atoms with E-state index in [1.165, 1.54) is 0 Å². The van der Waals surface area contributed by atoms with Crippen molar-refractivity contribution in [3.05, 3.63) is 53.6 Å². The second-order valence-electron chi connectivity index (χ2n) is 9.65. The molecule has 0 N–H and O–H groups in total. The lowest BCUT2D eigenvalue weighted by molar-refractivity contribution is -0.147. The van der Waals surface area contributed by atoms with E-state index >= 15 is 0 Å². The summed E-state index contributed by atoms with van der Waals surface area (Å²) in [5.41, 5.74) is 1.85. The normalized spacial score (nSPS) is 17.9. The number of carbonyl (C=O) groups is 2. The number of nitrogens with zero attached hydrogens (tertiary/aromatic N) is 3. The lowest BCUT2D eigenvalue weighted by Gasteiger charge is -2.44. The second-order valence-corrected chi connectivity index (χ2v) is 9.65. The number of hydrogen-bond donors (Lipinski definition) is 0. The molecule has 0 radical (unpaired) electrons. The largest absolute Gasteiger partial charge is 0.496 e. The van der Waals surface area contributed by atoms with Crippen LogP contribution in [0.1, 0.15) is 61.9 Å². The average Bonchev–Trinajstić information content (AvgIpc) is 2.96. The zero-order chi connectivity index (χ0) is 26.6. The van der Waals surface area contributed by atoms with E-state index in [9.17, 15) is 9.59 Å². The number of piperidine rings is 1. The van der Waals surface area contributed by atoms with E-state index in [1.807, 2.05) is 35.2 Å². The van der Waals surface area contributed by atoms with Crippen molar-refractivity contribution in [2.75, 3.05) is 34.4 Å². The van der Waals surface area contributed by atoms with Gasteiger partial charge in [-0.1, -0.05) is 26.0 Å². The van der Waals surface area contributed by atoms with Crippen LogP contribution in [-0.2, 0) is 4.79 Å². The monoisotopic (exact) mass is 507 g/mol. The highest BCUT2D eigenvalue weighted by Gasteiger charge is 2.46. The third-order valence-electron chi connectivity index (χ3n) is 7.90. The molecule has 0 unspecified atom stereocenters. The van der Waals surface area contributed by atoms with Crippen LogP contribution in [0.25, 0.3) is 0 Å². The first-order chi connectivity index (χ1) is 17.9. The second kappa shape index (κ2) is 11.2. The number of para-hydroxylation sites is 1. The number of likely N-dealkylation sites (tertiary alicyclic amines) is 1. The molecule has 2 aliphatic heterocycles. The van der Waals surface area contributed by atoms with Gasteiger partial charge in [0.2, 0.25) is 5.91 Å². The quantitative estimate of drug-likeness (QED) is 0.515. The summed E-state index contributed by atoms with van der Waals surface area (Å²) in [7, 11) is 4.80. The predicted molar refractivity (Wildman–Crippen MR) is 142 cm³/mol. The number of amides is 2. The summed E-state index contributed by atoms with van der Waals surface area (Å²) in [6.45, 7) is 5.26. The highest BCUT2D eigenvalue weighted by atomic mass is 16.5. The number of benzene rings is 2. The van der Waals surface area contributed by atoms with Gasteiger partial charge >= 0.3 is 0 Å². The molecule has 0 atom stereocenters. The molecule has 0 spiro atoms. The van der Waals surface area contributed by atoms with Gasteiger partial charge in [-0.2, -0.15) is 5.10 Å². The maximum atomic E-state index is 13.8. The minimum absolute atomic E-state index is 0.0492. The fraction of sp³-hybridized carbons (Fsp3) is 0.483. The highest BCUT2D eigenvalue weighted by Crippen LogP contribution is 2.41. The Hall–Kier alpha value is -3.55. The molecule has 0 aliphatic carbocycles. The summed E-state index contributed by atoms with van der Waals surface area (Å²) in [4.78, 5) is 28.8. The summed E-state index contributed by atoms with van der Waals surface area (Å²) in [5.74, 6) is 1.89. The fourth-order valence-corrected chi connectivity index (χ4v) is 5.38. The van der Waals surface area contributed by atoms with E-state index < -0.39 is 5.41 Å². The zero-order valence-corrected chi connectivity index (χ0v) is 22.5. The highest BCUT2D eigenvalue weighted by molar-refractivity contribution is 6.06. The Morgan fingerprint density at radius 1 is 0.946 bits per heavy atom. The Bertz CT molecular complexity index is 1170. The van der Waals surface area contributed by atoms with Crippen molar-refractivity contribution in [3.8, 4) is 17.2 Å². The molecule has 37 heavy (non-hydrogen) atoms. The smallest absolute Gasteiger partial charge is 0.257 e. The fourth-order valence-electron chi connectivity index (χ4n) is 5.38. The summed E-state index contributed by atoms with van der Waals surface area (Å²) in [6.07, 6.45) is 3.38. The van der Waals surface area contributed by atoms with Crippen LogP contribution in [0.5, 0.6) is 17.2 Å². The van der Waals surface area contributed by atoms with Gasteiger partial charge in [-0.3, -0.25) is 9.59 Å². The standard InChI is InChI=1S/C29H37N3O5/c1-6-29(7-2)19-23(20-12-13-25(36-4)26(18-20)37-5)30-32(28(29)34)21-14-16-31(17-15-21)27(33)22-10-8-9-11-24(22)35-3/h8-13,18,21H,6-7,14-17,19H2,1-5H3. The lowest BCUT2D eigenvalue weighted by Crippen LogP contribution is -2.53. The number of methoxy groups -OCH3 is 3. The van der Waals surface area contributed by atoms with Crippen LogP contribution in [0.4, 0.5) is 0 Å². The van der Waals surface area contributed by atoms with Gasteiger partial charge in [0, 0.05) is 25.1 Å². The number of hydrogen-bond acceptors (Lipinski definition) is 6. The van der Waals surface area contributed by atoms with Gasteiger partial charge in [-0.05, 0) is 56.0 Å². The molecular weight excluding hydrogens is 470 g/mol. The summed E-state index contributed by atoms with van der Waals surface area (Å²) >= 11 is 0. The minimum Gasteiger partial charge on any atom is -0.496 e. The van der Waals surface area contributed by atoms with E-state index in [0.717, 1.165) is 24.1 Å². The van der Waals surface area contributed by atoms with Gasteiger partial charge in [-0.25, -0.2) is 5.01 Å². The molecule has 0 bridgehead atoms. The van der Waals surface area contributed by atoms with Gasteiger partial charge in [0.15, 0.2) is 11.5 Å². The van der Waals surface area contributed by atoms with E-state index in [-0.39, 0.29) is 17.9 Å². The topological polar surface area (TPSA) is 80.7 Å². The minimum atomic E-state index is -0.505. The first-order valence-electron chi connectivity index (χ1n) is 13.0. The van der Waals surface area contributed by atoms with Gasteiger partial charge in [0.05, 0.1) is 44.1 Å². The molecule has 8 heteroatoms. The molecule has 2 aromatic carbocycles. The lowest BCUT2D eigenvalue weighted by atomic mass is 9.74. The molecule has 1 saturated heterocycles. The van der Waals surface area contributed by atoms with Gasteiger partial charge in [0.25, 0.3) is 5.91 Å². The maximum Gasteiger partial charge on any atom is 0.257 e. The van der Waals surface area contributed by atoms with Crippen LogP contribution >= 0.6 is 0 Å². The molecule has 4 rings (SSSR count). The van der Waals surface area contributed by atoms with Crippen molar-refractivity contribution in [1.82, 2.24) is 9.91 Å². The number of ether oxygens (including phenoxy) is 3. The van der Waals surface area contributed by atoms with Crippen LogP contribution in [0, 0.1) is 5.41 Å². The van der Waals surface area contributed by atoms with E-state index in [2.05, 4.69) is 13.8 Å². The van der Waals surface area contributed by atoms with Crippen molar-refractivity contribution >= 4 is 17.5 Å². The Balaban J connectivity index is 1.59. The van der Waals surface area contributed by atoms with Crippen molar-refractivity contribution in [2.45, 2.75) is 52.0 Å². The molecule has 8 nitrogen and oxygen atoms in total. The first kappa shape index (κ1) is 26.5. The Morgan fingerprint density at radius 2 is 1.59 bits per heavy atom. The summed E-state index contributed by atoms with van der Waals surface area (Å²) < 4.78 is 16.3. The zero-order valence-electron chi connectivity index (χ0n) is 22.5. The average molecular weight is 508 g/mol. The maximum absolute atomic E-state index is 13.8. The van der Waals surface area contributed by atoms with Crippen LogP contribution < -0.4 is 14.2 Å². The third kappa shape index (κ3) is 5.02. The van der Waals surface area contributed by atoms with Gasteiger partial charge in [0.1, 0.15) is 5.75 Å². The number of rotatable bonds is 8. The van der Waals surface area contributed by atoms with Crippen molar-refractivity contribution in [2.24, 2.45) is 10.5 Å². The Labute approximate surface area is 219 Å².